The number of aromatic hydroxyl groups is 3. The first-order chi connectivity index (χ1) is 58.3. The molecular formula is C81H106ClN11O31. The molecule has 5 aromatic rings. The van der Waals surface area contributed by atoms with Gasteiger partial charge in [0.15, 0.2) is 36.2 Å². The van der Waals surface area contributed by atoms with Gasteiger partial charge >= 0.3 is 5.97 Å². The topological polar surface area (TPSA) is 679 Å². The molecule has 13 unspecified atom stereocenters. The Bertz CT molecular complexity index is 4760. The minimum atomic E-state index is -2.45. The number of nitrogens with two attached hydrogens (primary N) is 3. The highest BCUT2D eigenvalue weighted by Crippen LogP contribution is 2.51. The van der Waals surface area contributed by atoms with E-state index in [4.69, 9.17) is 66.7 Å². The summed E-state index contributed by atoms with van der Waals surface area (Å²) in [6.07, 6.45) is -31.3. The van der Waals surface area contributed by atoms with Crippen LogP contribution < -0.4 is 68.6 Å². The van der Waals surface area contributed by atoms with Crippen molar-refractivity contribution in [1.82, 2.24) is 42.1 Å². The van der Waals surface area contributed by atoms with Gasteiger partial charge in [-0.15, -0.1) is 0 Å². The number of ether oxygens (including phenoxy) is 8. The van der Waals surface area contributed by atoms with Crippen LogP contribution in [0.15, 0.2) is 78.9 Å². The fourth-order valence-corrected chi connectivity index (χ4v) is 16.0. The van der Waals surface area contributed by atoms with Crippen LogP contribution in [0.1, 0.15) is 131 Å². The van der Waals surface area contributed by atoms with E-state index < -0.39 is 311 Å². The van der Waals surface area contributed by atoms with E-state index in [0.717, 1.165) is 47.4 Å². The molecule has 11 bridgehead atoms. The van der Waals surface area contributed by atoms with Gasteiger partial charge < -0.3 is 169 Å². The van der Waals surface area contributed by atoms with E-state index in [0.29, 0.717) is 0 Å². The Balaban J connectivity index is 1.18. The lowest BCUT2D eigenvalue weighted by Crippen LogP contribution is -2.64. The number of carboxylic acid groups (broad SMARTS) is 1. The second-order valence-electron chi connectivity index (χ2n) is 32.9. The Morgan fingerprint density at radius 3 is 1.85 bits per heavy atom. The Hall–Kier alpha value is -9.85. The van der Waals surface area contributed by atoms with E-state index in [-0.39, 0.29) is 47.8 Å². The average Bonchev–Trinajstić information content (AvgIpc) is 0.765. The van der Waals surface area contributed by atoms with E-state index in [1.165, 1.54) is 78.2 Å². The summed E-state index contributed by atoms with van der Waals surface area (Å²) in [5.41, 5.74) is 12.3. The molecule has 8 aliphatic heterocycles. The molecule has 0 saturated carbocycles. The van der Waals surface area contributed by atoms with E-state index in [9.17, 15) is 91.0 Å². The van der Waals surface area contributed by atoms with Crippen molar-refractivity contribution in [3.8, 4) is 57.1 Å². The molecule has 13 rings (SSSR count). The number of carboxylic acids is 1. The van der Waals surface area contributed by atoms with Crippen molar-refractivity contribution >= 4 is 58.9 Å². The van der Waals surface area contributed by atoms with Gasteiger partial charge in [-0.05, 0) is 131 Å². The minimum absolute atomic E-state index is 0.111. The van der Waals surface area contributed by atoms with Crippen LogP contribution in [0.5, 0.6) is 46.0 Å². The van der Waals surface area contributed by atoms with Gasteiger partial charge in [-0.25, -0.2) is 4.79 Å². The van der Waals surface area contributed by atoms with Gasteiger partial charge in [-0.1, -0.05) is 49.7 Å². The predicted octanol–water partition coefficient (Wildman–Crippen LogP) is -3.44. The number of phenolic OH excluding ortho intramolecular Hbond substituents is 3. The van der Waals surface area contributed by atoms with Crippen LogP contribution in [0.4, 0.5) is 0 Å². The summed E-state index contributed by atoms with van der Waals surface area (Å²) in [5.74, 6) is -16.8. The number of aliphatic carboxylic acids is 1. The molecule has 0 spiro atoms. The number of aliphatic hydroxyl groups is 11. The summed E-state index contributed by atoms with van der Waals surface area (Å²) in [6.45, 7) is 6.14. The molecule has 0 aromatic heterocycles. The Labute approximate surface area is 713 Å². The summed E-state index contributed by atoms with van der Waals surface area (Å²) >= 11 is 7.17. The van der Waals surface area contributed by atoms with Crippen LogP contribution in [0, 0.1) is 5.92 Å². The number of hydrogen-bond acceptors (Lipinski definition) is 34. The number of halogens is 1. The molecular weight excluding hydrogens is 1660 g/mol. The van der Waals surface area contributed by atoms with Crippen LogP contribution in [-0.4, -0.2) is 290 Å². The normalized spacial score (nSPS) is 31.1. The van der Waals surface area contributed by atoms with Gasteiger partial charge in [0.25, 0.3) is 0 Å². The highest BCUT2D eigenvalue weighted by Gasteiger charge is 2.53. The van der Waals surface area contributed by atoms with Crippen molar-refractivity contribution in [2.45, 2.75) is 231 Å². The minimum Gasteiger partial charge on any atom is -0.507 e. The number of rotatable bonds is 23. The molecule has 8 aliphatic rings. The number of hydrogen-bond donors (Lipinski definition) is 25. The zero-order valence-corrected chi connectivity index (χ0v) is 69.1. The smallest absolute Gasteiger partial charge is 0.330 e. The maximum atomic E-state index is 16.6. The molecule has 8 heterocycles. The number of fused-ring (bicyclic) bond motifs is 15. The first-order valence-corrected chi connectivity index (χ1v) is 40.1. The predicted molar refractivity (Wildman–Crippen MR) is 428 cm³/mol. The molecule has 28 N–H and O–H groups in total. The first-order valence-electron chi connectivity index (χ1n) is 39.7. The van der Waals surface area contributed by atoms with Crippen molar-refractivity contribution in [2.24, 2.45) is 23.1 Å². The number of carbonyl (C=O) groups is 8. The molecule has 3 saturated heterocycles. The van der Waals surface area contributed by atoms with Crippen LogP contribution in [0.25, 0.3) is 11.1 Å². The number of likely N-dealkylation sites (N-methyl/N-ethyl adjacent to an activating group) is 2. The standard InChI is InChI=1S/C81H106ClN11O31/c1-30(2)17-42(86-7)72(109)91-59-61(101)35-12-16-48(41(82)19-35)120-50-21-36-20-49(68(50)124-79-69(66(106)65(105)51(29-95)121-79)123-54-25-81(6,85)71(108)32(4)118-54)119-37-13-9-33(10-14-37)67(122-53-24-80(5,84)70(107)31(3)117-53)60-77(114)90-58(78(115)116)39-22-45(97)40(26-93(8)27-46(98)63(103)64(104)47(99)28-94)62(102)55(39)38-18-34(11-15-44(38)96)56(74(111)92-60)89-75(112)57(36)88-73(110)43(23-52(83)100)87-76(59)113/h9-16,18-22,30-32,42-43,46-47,51,53-54,56-61,63-67,69-71,79,86,94-99,101-108H,17,23-29,84-85H2,1-8H3,(H2,83,100)(H,87,113)(H,88,110)(H,89,112)(H,90,114)(H,91,109)(H,92,111)(H,115,116)/t31-,32-,42?,43?,46?,47?,51+,53-,54-,56?,57?,58?,59?,60?,61?,63?,64?,65+,66-,67?,69+,70-,71-,79-,80-,81-/m0/s1. The number of phenols is 3. The van der Waals surface area contributed by atoms with E-state index in [1.807, 2.05) is 0 Å². The van der Waals surface area contributed by atoms with Crippen LogP contribution in [0.2, 0.25) is 5.02 Å². The van der Waals surface area contributed by atoms with E-state index >= 15 is 24.0 Å². The number of nitrogens with zero attached hydrogens (tertiary/aromatic N) is 1. The molecule has 43 heteroatoms. The maximum absolute atomic E-state index is 16.6. The zero-order chi connectivity index (χ0) is 90.9. The molecule has 0 radical (unpaired) electrons. The molecule has 124 heavy (non-hydrogen) atoms. The van der Waals surface area contributed by atoms with Crippen molar-refractivity contribution in [2.75, 3.05) is 33.9 Å². The molecule has 26 atom stereocenters. The monoisotopic (exact) mass is 1760 g/mol. The highest BCUT2D eigenvalue weighted by molar-refractivity contribution is 6.32. The van der Waals surface area contributed by atoms with Gasteiger partial charge in [-0.3, -0.25) is 38.5 Å². The summed E-state index contributed by atoms with van der Waals surface area (Å²) in [5, 5.41) is 187. The lowest BCUT2D eigenvalue weighted by atomic mass is 9.86. The van der Waals surface area contributed by atoms with E-state index in [2.05, 4.69) is 37.2 Å². The van der Waals surface area contributed by atoms with Gasteiger partial charge in [0, 0.05) is 53.7 Å². The molecule has 7 amide bonds. The van der Waals surface area contributed by atoms with Gasteiger partial charge in [0.05, 0.1) is 66.8 Å². The Morgan fingerprint density at radius 2 is 1.27 bits per heavy atom. The summed E-state index contributed by atoms with van der Waals surface area (Å²) in [6, 6.07) is -0.582. The second-order valence-corrected chi connectivity index (χ2v) is 33.3. The maximum Gasteiger partial charge on any atom is 0.330 e. The fourth-order valence-electron chi connectivity index (χ4n) is 15.8. The number of amides is 7. The first kappa shape index (κ1) is 94.8. The van der Waals surface area contributed by atoms with Crippen molar-refractivity contribution in [3.05, 3.63) is 117 Å². The molecule has 3 fully saturated rings. The third-order valence-electron chi connectivity index (χ3n) is 22.6. The number of primary amides is 1. The molecule has 5 aromatic carbocycles. The van der Waals surface area contributed by atoms with Gasteiger partial charge in [-0.2, -0.15) is 0 Å². The second kappa shape index (κ2) is 38.9. The number of carbonyl (C=O) groups excluding carboxylic acids is 7. The van der Waals surface area contributed by atoms with E-state index in [1.54, 1.807) is 13.8 Å². The number of nitrogens with one attached hydrogen (secondary N) is 7. The summed E-state index contributed by atoms with van der Waals surface area (Å²) in [7, 11) is 2.73. The third kappa shape index (κ3) is 20.8. The quantitative estimate of drug-likeness (QED) is 0.0302. The Morgan fingerprint density at radius 1 is 0.677 bits per heavy atom. The third-order valence-corrected chi connectivity index (χ3v) is 22.9. The lowest BCUT2D eigenvalue weighted by Gasteiger charge is -2.47. The molecule has 0 aliphatic carbocycles. The van der Waals surface area contributed by atoms with Crippen molar-refractivity contribution in [3.63, 3.8) is 0 Å². The number of aliphatic hydroxyl groups excluding tert-OH is 11. The van der Waals surface area contributed by atoms with Crippen LogP contribution >= 0.6 is 11.6 Å². The van der Waals surface area contributed by atoms with Gasteiger partial charge in [0.1, 0.15) is 108 Å². The average molecular weight is 1770 g/mol. The summed E-state index contributed by atoms with van der Waals surface area (Å²) in [4.78, 5) is 123. The van der Waals surface area contributed by atoms with Crippen LogP contribution in [0.3, 0.4) is 0 Å². The zero-order valence-electron chi connectivity index (χ0n) is 68.4. The van der Waals surface area contributed by atoms with Crippen LogP contribution in [-0.2, 0) is 68.6 Å². The molecule has 42 nitrogen and oxygen atoms in total. The lowest BCUT2D eigenvalue weighted by molar-refractivity contribution is -0.333. The molecule has 678 valence electrons. The summed E-state index contributed by atoms with van der Waals surface area (Å²) < 4.78 is 51.9. The SMILES string of the molecule is CNC(CC(C)C)C(=O)NC1C(=O)NC(CC(N)=O)C(=O)NC2C(=O)NC3C(=O)NC(C(=O)NC(C(=O)O)c4cc(O)c(CN(C)CC(O)C(O)C(O)C(O)CO)c(O)c4-c4cc3ccc4O)C(O[C@H]3C[C@](C)(N)[C@@H](O)[C@H](C)O3)c3ccc(cc3)Oc3cc2cc(c3O[C@@H]2O[C@H](CO)[C@@H](O)[C@H](O)[C@H]2O[C@H]2C[C@](C)(N)[C@@H](O)[C@H](C)O2)Oc2ccc(cc2Cl)C1O. The van der Waals surface area contributed by atoms with Crippen molar-refractivity contribution in [1.29, 1.82) is 0 Å². The van der Waals surface area contributed by atoms with Crippen molar-refractivity contribution < 1.29 is 153 Å². The largest absolute Gasteiger partial charge is 0.507 e. The fraction of sp³-hybridized carbons (Fsp3) is 0.531. The van der Waals surface area contributed by atoms with Gasteiger partial charge in [0.2, 0.25) is 53.4 Å². The Kier molecular flexibility index (Phi) is 29.8. The number of benzene rings is 5. The highest BCUT2D eigenvalue weighted by atomic mass is 35.5.